The van der Waals surface area contributed by atoms with E-state index in [2.05, 4.69) is 4.99 Å². The molecule has 0 aliphatic carbocycles. The van der Waals surface area contributed by atoms with Gasteiger partial charge in [-0.25, -0.2) is 0 Å². The van der Waals surface area contributed by atoms with Gasteiger partial charge in [0.1, 0.15) is 0 Å². The highest BCUT2D eigenvalue weighted by Crippen LogP contribution is 1.93. The highest BCUT2D eigenvalue weighted by Gasteiger charge is 1.97. The summed E-state index contributed by atoms with van der Waals surface area (Å²) in [7, 11) is 0. The van der Waals surface area contributed by atoms with Gasteiger partial charge in [-0.05, 0) is 0 Å². The average molecular weight is 141 g/mol. The number of halogens is 2. The van der Waals surface area contributed by atoms with Gasteiger partial charge in [-0.3, -0.25) is 9.41 Å². The van der Waals surface area contributed by atoms with Crippen LogP contribution in [0.5, 0.6) is 0 Å². The van der Waals surface area contributed by atoms with Crippen molar-refractivity contribution in [2.75, 3.05) is 13.1 Å². The zero-order chi connectivity index (χ0) is 4.41. The van der Waals surface area contributed by atoms with Crippen LogP contribution in [-0.4, -0.2) is 23.8 Å². The van der Waals surface area contributed by atoms with Gasteiger partial charge in [0, 0.05) is 11.8 Å². The molecule has 1 aliphatic rings. The predicted molar refractivity (Wildman–Crippen MR) is 33.2 cm³/mol. The van der Waals surface area contributed by atoms with Crippen LogP contribution in [0.3, 0.4) is 0 Å². The minimum atomic E-state index is 0. The second-order valence-electron chi connectivity index (χ2n) is 1.14. The third-order valence-corrected chi connectivity index (χ3v) is 0.906. The van der Waals surface area contributed by atoms with E-state index in [1.54, 1.807) is 10.8 Å². The third-order valence-electron chi connectivity index (χ3n) is 0.650. The lowest BCUT2D eigenvalue weighted by Gasteiger charge is -1.94. The monoisotopic (exact) mass is 140 g/mol. The first-order chi connectivity index (χ1) is 2.89. The lowest BCUT2D eigenvalue weighted by molar-refractivity contribution is 0.730. The Labute approximate surface area is 53.7 Å². The van der Waals surface area contributed by atoms with Crippen molar-refractivity contribution in [1.29, 1.82) is 0 Å². The summed E-state index contributed by atoms with van der Waals surface area (Å²) in [6.45, 7) is 1.71. The molecule has 0 saturated heterocycles. The molecule has 0 radical (unpaired) electrons. The van der Waals surface area contributed by atoms with Crippen LogP contribution >= 0.6 is 24.2 Å². The first kappa shape index (κ1) is 7.05. The molecule has 0 amide bonds. The summed E-state index contributed by atoms with van der Waals surface area (Å²) in [5.41, 5.74) is 0. The molecule has 4 heteroatoms. The summed E-state index contributed by atoms with van der Waals surface area (Å²) >= 11 is 5.40. The smallest absolute Gasteiger partial charge is 0.0997 e. The summed E-state index contributed by atoms with van der Waals surface area (Å²) in [6.07, 6.45) is 1.63. The number of nitrogens with zero attached hydrogens (tertiary/aromatic N) is 2. The summed E-state index contributed by atoms with van der Waals surface area (Å²) in [4.78, 5) is 3.83. The van der Waals surface area contributed by atoms with E-state index in [1.165, 1.54) is 0 Å². The van der Waals surface area contributed by atoms with Crippen molar-refractivity contribution in [3.8, 4) is 0 Å². The Balaban J connectivity index is 0.000000360. The van der Waals surface area contributed by atoms with Crippen molar-refractivity contribution >= 4 is 30.5 Å². The maximum atomic E-state index is 5.40. The van der Waals surface area contributed by atoms with Gasteiger partial charge in [0.25, 0.3) is 0 Å². The number of hydrogen-bond donors (Lipinski definition) is 0. The summed E-state index contributed by atoms with van der Waals surface area (Å²) in [5.74, 6) is 0. The largest absolute Gasteiger partial charge is 0.274 e. The highest BCUT2D eigenvalue weighted by atomic mass is 35.5. The summed E-state index contributed by atoms with van der Waals surface area (Å²) < 4.78 is 1.54. The van der Waals surface area contributed by atoms with E-state index in [4.69, 9.17) is 11.8 Å². The van der Waals surface area contributed by atoms with Gasteiger partial charge in [0.15, 0.2) is 0 Å². The van der Waals surface area contributed by atoms with Gasteiger partial charge in [0.2, 0.25) is 0 Å². The Hall–Kier alpha value is 0.0500. The molecule has 0 aromatic rings. The van der Waals surface area contributed by atoms with Crippen LogP contribution in [0.2, 0.25) is 0 Å². The summed E-state index contributed by atoms with van der Waals surface area (Å²) in [5, 5.41) is 0. The van der Waals surface area contributed by atoms with E-state index in [-0.39, 0.29) is 12.4 Å². The summed E-state index contributed by atoms with van der Waals surface area (Å²) in [6, 6.07) is 0. The fraction of sp³-hybridized carbons (Fsp3) is 0.667. The normalized spacial score (nSPS) is 17.0. The van der Waals surface area contributed by atoms with Crippen molar-refractivity contribution < 1.29 is 0 Å². The second-order valence-corrected chi connectivity index (χ2v) is 1.58. The van der Waals surface area contributed by atoms with Crippen molar-refractivity contribution in [2.45, 2.75) is 0 Å². The van der Waals surface area contributed by atoms with Crippen LogP contribution < -0.4 is 0 Å². The molecular formula is C3H6Cl2N2. The maximum absolute atomic E-state index is 5.40. The maximum Gasteiger partial charge on any atom is 0.0997 e. The standard InChI is InChI=1S/C3H5ClN2.ClH/c4-6-2-1-5-3-6;/h3H,1-2H2;1H. The van der Waals surface area contributed by atoms with Crippen LogP contribution in [0.15, 0.2) is 4.99 Å². The molecule has 0 atom stereocenters. The third kappa shape index (κ3) is 2.00. The zero-order valence-electron chi connectivity index (χ0n) is 3.67. The van der Waals surface area contributed by atoms with Crippen molar-refractivity contribution in [2.24, 2.45) is 4.99 Å². The molecule has 0 bridgehead atoms. The van der Waals surface area contributed by atoms with Crippen molar-refractivity contribution in [3.05, 3.63) is 0 Å². The molecule has 0 N–H and O–H groups in total. The molecule has 7 heavy (non-hydrogen) atoms. The topological polar surface area (TPSA) is 15.6 Å². The van der Waals surface area contributed by atoms with Crippen LogP contribution in [0.4, 0.5) is 0 Å². The lowest BCUT2D eigenvalue weighted by Crippen LogP contribution is -2.03. The van der Waals surface area contributed by atoms with Gasteiger partial charge in [-0.1, -0.05) is 0 Å². The molecule has 0 spiro atoms. The molecule has 1 rings (SSSR count). The van der Waals surface area contributed by atoms with Crippen LogP contribution in [-0.2, 0) is 0 Å². The molecule has 0 unspecified atom stereocenters. The van der Waals surface area contributed by atoms with Crippen molar-refractivity contribution in [1.82, 2.24) is 4.42 Å². The van der Waals surface area contributed by atoms with Gasteiger partial charge < -0.3 is 0 Å². The molecule has 0 aromatic heterocycles. The number of rotatable bonds is 0. The molecule has 0 saturated carbocycles. The van der Waals surface area contributed by atoms with Crippen LogP contribution in [0.25, 0.3) is 0 Å². The fourth-order valence-electron chi connectivity index (χ4n) is 0.357. The van der Waals surface area contributed by atoms with Crippen LogP contribution in [0.1, 0.15) is 0 Å². The Morgan fingerprint density at radius 2 is 2.43 bits per heavy atom. The fourth-order valence-corrected chi connectivity index (χ4v) is 0.495. The molecule has 1 heterocycles. The second kappa shape index (κ2) is 3.10. The number of hydrogen-bond acceptors (Lipinski definition) is 2. The van der Waals surface area contributed by atoms with E-state index >= 15 is 0 Å². The SMILES string of the molecule is Cl.ClN1C=NCC1. The number of aliphatic imine (C=N–C) groups is 1. The predicted octanol–water partition coefficient (Wildman–Crippen LogP) is 0.906. The molecule has 2 nitrogen and oxygen atoms in total. The quantitative estimate of drug-likeness (QED) is 0.457. The van der Waals surface area contributed by atoms with E-state index in [1.807, 2.05) is 0 Å². The van der Waals surface area contributed by atoms with E-state index in [9.17, 15) is 0 Å². The van der Waals surface area contributed by atoms with E-state index in [0.717, 1.165) is 13.1 Å². The Morgan fingerprint density at radius 1 is 1.71 bits per heavy atom. The lowest BCUT2D eigenvalue weighted by atomic mass is 10.7. The zero-order valence-corrected chi connectivity index (χ0v) is 5.24. The molecule has 0 fully saturated rings. The first-order valence-electron chi connectivity index (χ1n) is 1.82. The minimum absolute atomic E-state index is 0. The van der Waals surface area contributed by atoms with Gasteiger partial charge in [-0.15, -0.1) is 12.4 Å². The van der Waals surface area contributed by atoms with Gasteiger partial charge >= 0.3 is 0 Å². The van der Waals surface area contributed by atoms with Gasteiger partial charge in [0.05, 0.1) is 19.4 Å². The van der Waals surface area contributed by atoms with Crippen LogP contribution in [0, 0.1) is 0 Å². The first-order valence-corrected chi connectivity index (χ1v) is 2.16. The Morgan fingerprint density at radius 3 is 2.57 bits per heavy atom. The molecule has 1 aliphatic heterocycles. The van der Waals surface area contributed by atoms with Gasteiger partial charge in [-0.2, -0.15) is 0 Å². The molecule has 0 aromatic carbocycles. The average Bonchev–Trinajstić information content (AvgIpc) is 1.86. The molecule has 42 valence electrons. The van der Waals surface area contributed by atoms with E-state index in [0.29, 0.717) is 0 Å². The van der Waals surface area contributed by atoms with Crippen molar-refractivity contribution in [3.63, 3.8) is 0 Å². The molecular weight excluding hydrogens is 135 g/mol. The highest BCUT2D eigenvalue weighted by molar-refractivity contribution is 6.19. The Kier molecular flexibility index (Phi) is 3.13. The minimum Gasteiger partial charge on any atom is -0.274 e. The Bertz CT molecular complexity index is 73.3. The van der Waals surface area contributed by atoms with E-state index < -0.39 is 0 Å².